The fourth-order valence-electron chi connectivity index (χ4n) is 9.57. The van der Waals surface area contributed by atoms with E-state index in [4.69, 9.17) is 0 Å². The molecule has 4 fully saturated rings. The molecule has 0 aromatic carbocycles. The van der Waals surface area contributed by atoms with Crippen molar-refractivity contribution in [3.05, 3.63) is 11.1 Å². The van der Waals surface area contributed by atoms with Crippen LogP contribution in [-0.4, -0.2) is 41.0 Å². The first-order valence-corrected chi connectivity index (χ1v) is 13.0. The van der Waals surface area contributed by atoms with Gasteiger partial charge in [0.2, 0.25) is 0 Å². The minimum absolute atomic E-state index is 0.0409. The highest BCUT2D eigenvalue weighted by atomic mass is 16.3. The van der Waals surface area contributed by atoms with Crippen LogP contribution in [0.15, 0.2) is 11.1 Å². The number of hydrogen-bond donors (Lipinski definition) is 1. The number of nitrogens with zero attached hydrogens (tertiary/aromatic N) is 1. The summed E-state index contributed by atoms with van der Waals surface area (Å²) in [4.78, 5) is 16.1. The Morgan fingerprint density at radius 1 is 1.00 bits per heavy atom. The summed E-state index contributed by atoms with van der Waals surface area (Å²) in [6, 6.07) is 0.825. The van der Waals surface area contributed by atoms with E-state index < -0.39 is 0 Å². The second-order valence-electron chi connectivity index (χ2n) is 12.5. The maximum absolute atomic E-state index is 13.2. The third-order valence-corrected chi connectivity index (χ3v) is 11.1. The van der Waals surface area contributed by atoms with Gasteiger partial charge in [0.05, 0.1) is 6.10 Å². The number of aliphatic hydroxyl groups excluding tert-OH is 1. The largest absolute Gasteiger partial charge is 0.393 e. The van der Waals surface area contributed by atoms with Crippen molar-refractivity contribution in [3.63, 3.8) is 0 Å². The molecule has 0 bridgehead atoms. The Morgan fingerprint density at radius 2 is 1.83 bits per heavy atom. The molecule has 4 aliphatic carbocycles. The molecule has 0 unspecified atom stereocenters. The topological polar surface area (TPSA) is 40.5 Å². The van der Waals surface area contributed by atoms with Crippen LogP contribution in [-0.2, 0) is 4.79 Å². The molecule has 3 heteroatoms. The van der Waals surface area contributed by atoms with Gasteiger partial charge in [0.1, 0.15) is 5.78 Å². The Kier molecular flexibility index (Phi) is 4.60. The van der Waals surface area contributed by atoms with Crippen molar-refractivity contribution in [1.29, 1.82) is 0 Å². The average molecular weight is 412 g/mol. The average Bonchev–Trinajstić information content (AvgIpc) is 3.09. The minimum Gasteiger partial charge on any atom is -0.393 e. The van der Waals surface area contributed by atoms with E-state index in [0.29, 0.717) is 24.5 Å². The summed E-state index contributed by atoms with van der Waals surface area (Å²) in [5.74, 6) is 5.40. The van der Waals surface area contributed by atoms with E-state index >= 15 is 0 Å². The number of Topliss-reactive ketones (excluding diaryl/α,β-unsaturated/α-hetero) is 1. The van der Waals surface area contributed by atoms with Gasteiger partial charge in [-0.15, -0.1) is 0 Å². The zero-order chi connectivity index (χ0) is 20.8. The smallest absolute Gasteiger partial charge is 0.140 e. The van der Waals surface area contributed by atoms with Gasteiger partial charge < -0.3 is 5.11 Å². The standard InChI is InChI=1S/C27H41NO2/c1-15-4-7-25-16(2)18-5-6-19-20(22(18)14-28(25)13-15)11-23-21(19)12-26(30)24-10-17(29)8-9-27(23,24)3/h15-20,22,24-25,29H,4-14H2,1-3H3/t15-,16+,17-,18+,19-,20+,22+,24+,25-,27+/m0/s1. The lowest BCUT2D eigenvalue weighted by Gasteiger charge is -2.56. The third kappa shape index (κ3) is 2.73. The van der Waals surface area contributed by atoms with Crippen molar-refractivity contribution < 1.29 is 9.90 Å². The Balaban J connectivity index is 1.30. The van der Waals surface area contributed by atoms with Crippen LogP contribution >= 0.6 is 0 Å². The lowest BCUT2D eigenvalue weighted by atomic mass is 9.57. The van der Waals surface area contributed by atoms with Crippen LogP contribution in [0.25, 0.3) is 0 Å². The molecule has 3 nitrogen and oxygen atoms in total. The molecule has 166 valence electrons. The monoisotopic (exact) mass is 411 g/mol. The van der Waals surface area contributed by atoms with Gasteiger partial charge in [0, 0.05) is 31.5 Å². The number of carbonyl (C=O) groups is 1. The molecule has 10 atom stereocenters. The van der Waals surface area contributed by atoms with Crippen molar-refractivity contribution in [2.24, 2.45) is 46.8 Å². The molecule has 2 aliphatic heterocycles. The fourth-order valence-corrected chi connectivity index (χ4v) is 9.57. The Morgan fingerprint density at radius 3 is 2.67 bits per heavy atom. The Hall–Kier alpha value is -0.670. The van der Waals surface area contributed by atoms with Crippen molar-refractivity contribution in [2.75, 3.05) is 13.1 Å². The molecule has 2 saturated heterocycles. The van der Waals surface area contributed by atoms with E-state index in [-0.39, 0.29) is 17.4 Å². The predicted molar refractivity (Wildman–Crippen MR) is 119 cm³/mol. The summed E-state index contributed by atoms with van der Waals surface area (Å²) in [6.07, 6.45) is 9.84. The van der Waals surface area contributed by atoms with E-state index in [1.165, 1.54) is 45.2 Å². The number of carbonyl (C=O) groups excluding carboxylic acids is 1. The van der Waals surface area contributed by atoms with E-state index in [2.05, 4.69) is 25.7 Å². The van der Waals surface area contributed by atoms with E-state index in [1.807, 2.05) is 0 Å². The first-order chi connectivity index (χ1) is 14.4. The molecule has 30 heavy (non-hydrogen) atoms. The summed E-state index contributed by atoms with van der Waals surface area (Å²) in [5, 5.41) is 10.3. The van der Waals surface area contributed by atoms with Crippen LogP contribution < -0.4 is 0 Å². The number of aliphatic hydroxyl groups is 1. The lowest BCUT2D eigenvalue weighted by molar-refractivity contribution is -0.130. The molecule has 0 radical (unpaired) electrons. The molecule has 1 N–H and O–H groups in total. The molecular weight excluding hydrogens is 370 g/mol. The number of piperidine rings is 2. The van der Waals surface area contributed by atoms with Crippen LogP contribution in [0.1, 0.15) is 78.6 Å². The molecule has 0 aromatic heterocycles. The van der Waals surface area contributed by atoms with Crippen molar-refractivity contribution in [2.45, 2.75) is 90.7 Å². The van der Waals surface area contributed by atoms with Crippen LogP contribution in [0.5, 0.6) is 0 Å². The molecule has 0 aromatic rings. The highest BCUT2D eigenvalue weighted by Gasteiger charge is 2.57. The lowest BCUT2D eigenvalue weighted by Crippen LogP contribution is -2.58. The molecule has 6 aliphatic rings. The van der Waals surface area contributed by atoms with Gasteiger partial charge in [-0.25, -0.2) is 0 Å². The van der Waals surface area contributed by atoms with Gasteiger partial charge in [-0.2, -0.15) is 0 Å². The first-order valence-electron chi connectivity index (χ1n) is 13.0. The highest BCUT2D eigenvalue weighted by Crippen LogP contribution is 2.63. The summed E-state index contributed by atoms with van der Waals surface area (Å²) in [5.41, 5.74) is 3.32. The third-order valence-electron chi connectivity index (χ3n) is 11.1. The molecule has 2 saturated carbocycles. The van der Waals surface area contributed by atoms with Gasteiger partial charge >= 0.3 is 0 Å². The first kappa shape index (κ1) is 20.0. The second kappa shape index (κ2) is 6.91. The zero-order valence-corrected chi connectivity index (χ0v) is 19.3. The van der Waals surface area contributed by atoms with Gasteiger partial charge in [0.15, 0.2) is 0 Å². The Labute approximate surface area is 182 Å². The van der Waals surface area contributed by atoms with Gasteiger partial charge in [-0.1, -0.05) is 31.9 Å². The summed E-state index contributed by atoms with van der Waals surface area (Å²) < 4.78 is 0. The quantitative estimate of drug-likeness (QED) is 0.580. The fraction of sp³-hybridized carbons (Fsp3) is 0.889. The molecule has 6 rings (SSSR count). The molecular formula is C27H41NO2. The SMILES string of the molecule is C[C@H]1CC[C@H]2[C@H](C)[C@H]3CC[C@@H]4C5=C(C[C@H]4[C@@H]3CN2C1)[C@@]1(C)CC[C@H](O)C[C@@H]1C(=O)C5. The minimum atomic E-state index is -0.264. The van der Waals surface area contributed by atoms with Crippen LogP contribution in [0.2, 0.25) is 0 Å². The van der Waals surface area contributed by atoms with Crippen LogP contribution in [0.4, 0.5) is 0 Å². The molecule has 2 heterocycles. The number of ketones is 1. The summed E-state index contributed by atoms with van der Waals surface area (Å²) in [7, 11) is 0. The van der Waals surface area contributed by atoms with Crippen LogP contribution in [0, 0.1) is 46.8 Å². The van der Waals surface area contributed by atoms with E-state index in [9.17, 15) is 9.90 Å². The Bertz CT molecular complexity index is 771. The van der Waals surface area contributed by atoms with Crippen LogP contribution in [0.3, 0.4) is 0 Å². The van der Waals surface area contributed by atoms with Crippen molar-refractivity contribution in [3.8, 4) is 0 Å². The van der Waals surface area contributed by atoms with Crippen molar-refractivity contribution >= 4 is 5.78 Å². The van der Waals surface area contributed by atoms with Gasteiger partial charge in [0.25, 0.3) is 0 Å². The number of hydrogen-bond acceptors (Lipinski definition) is 3. The van der Waals surface area contributed by atoms with E-state index in [1.54, 1.807) is 11.1 Å². The highest BCUT2D eigenvalue weighted by molar-refractivity contribution is 5.87. The summed E-state index contributed by atoms with van der Waals surface area (Å²) in [6.45, 7) is 10.0. The number of allylic oxidation sites excluding steroid dienone is 2. The van der Waals surface area contributed by atoms with E-state index in [0.717, 1.165) is 48.5 Å². The molecule has 0 amide bonds. The number of rotatable bonds is 0. The zero-order valence-electron chi connectivity index (χ0n) is 19.3. The number of fused-ring (bicyclic) bond motifs is 7. The maximum Gasteiger partial charge on any atom is 0.140 e. The molecule has 0 spiro atoms. The summed E-state index contributed by atoms with van der Waals surface area (Å²) >= 11 is 0. The van der Waals surface area contributed by atoms with Gasteiger partial charge in [-0.05, 0) is 92.3 Å². The maximum atomic E-state index is 13.2. The normalized spacial score (nSPS) is 53.5. The second-order valence-corrected chi connectivity index (χ2v) is 12.5. The predicted octanol–water partition coefficient (Wildman–Crippen LogP) is 4.84. The van der Waals surface area contributed by atoms with Gasteiger partial charge in [-0.3, -0.25) is 9.69 Å². The van der Waals surface area contributed by atoms with Crippen molar-refractivity contribution in [1.82, 2.24) is 4.90 Å².